The number of carbonyl (C=O) groups is 2. The molecule has 1 aromatic heterocycles. The topological polar surface area (TPSA) is 50.0 Å². The van der Waals surface area contributed by atoms with Crippen LogP contribution in [0.15, 0.2) is 24.5 Å². The van der Waals surface area contributed by atoms with Crippen molar-refractivity contribution < 1.29 is 62.6 Å². The van der Waals surface area contributed by atoms with Gasteiger partial charge in [-0.05, 0) is 6.92 Å². The van der Waals surface area contributed by atoms with E-state index >= 15 is 0 Å². The maximum atomic E-state index is 13.5. The Hall–Kier alpha value is -2.48. The monoisotopic (exact) mass is 433 g/mol. The van der Waals surface area contributed by atoms with Gasteiger partial charge in [-0.2, -0.15) is 48.3 Å². The van der Waals surface area contributed by atoms with Crippen LogP contribution in [0, 0.1) is 0 Å². The summed E-state index contributed by atoms with van der Waals surface area (Å²) < 4.78 is 141. The molecule has 0 aliphatic rings. The third-order valence-electron chi connectivity index (χ3n) is 3.29. The standard InChI is InChI=1S/C13H7F11N2O2/c1-6(27)7-2-4-26(5-3-7)25-8(28)9(14,15)10(16,17)11(18,19)12(20,21)13(22,23)24/h2-5H,1H3/p+1. The molecule has 0 radical (unpaired) electrons. The van der Waals surface area contributed by atoms with Gasteiger partial charge >= 0.3 is 35.8 Å². The van der Waals surface area contributed by atoms with Gasteiger partial charge < -0.3 is 0 Å². The molecule has 4 nitrogen and oxygen atoms in total. The highest BCUT2D eigenvalue weighted by Gasteiger charge is 2.88. The van der Waals surface area contributed by atoms with E-state index in [2.05, 4.69) is 0 Å². The third kappa shape index (κ3) is 3.61. The van der Waals surface area contributed by atoms with Gasteiger partial charge in [0.2, 0.25) is 12.4 Å². The molecule has 0 atom stereocenters. The molecule has 0 bridgehead atoms. The molecule has 0 saturated heterocycles. The lowest BCUT2D eigenvalue weighted by Gasteiger charge is -2.36. The Kier molecular flexibility index (Phi) is 5.76. The van der Waals surface area contributed by atoms with Gasteiger partial charge in [0.05, 0.1) is 0 Å². The smallest absolute Gasteiger partial charge is 0.295 e. The van der Waals surface area contributed by atoms with Crippen molar-refractivity contribution >= 4 is 11.7 Å². The van der Waals surface area contributed by atoms with Crippen LogP contribution in [0.4, 0.5) is 48.3 Å². The molecule has 0 saturated carbocycles. The lowest BCUT2D eigenvalue weighted by molar-refractivity contribution is -0.643. The molecule has 1 heterocycles. The normalized spacial score (nSPS) is 14.0. The Labute approximate surface area is 147 Å². The van der Waals surface area contributed by atoms with E-state index in [1.165, 1.54) is 0 Å². The minimum absolute atomic E-state index is 0.0565. The number of halogens is 11. The number of Topliss-reactive ketones (excluding diaryl/α,β-unsaturated/α-hetero) is 1. The van der Waals surface area contributed by atoms with Crippen molar-refractivity contribution in [2.45, 2.75) is 36.8 Å². The van der Waals surface area contributed by atoms with Crippen LogP contribution in [0.5, 0.6) is 0 Å². The fourth-order valence-electron chi connectivity index (χ4n) is 1.64. The molecule has 15 heteroatoms. The van der Waals surface area contributed by atoms with E-state index in [1.807, 2.05) is 0 Å². The minimum atomic E-state index is -7.68. The molecular formula is C13H8F11N2O2+. The van der Waals surface area contributed by atoms with Gasteiger partial charge in [0.15, 0.2) is 5.78 Å². The minimum Gasteiger partial charge on any atom is -0.295 e. The maximum Gasteiger partial charge on any atom is 0.460 e. The predicted octanol–water partition coefficient (Wildman–Crippen LogP) is 3.35. The van der Waals surface area contributed by atoms with Crippen LogP contribution < -0.4 is 10.1 Å². The Bertz CT molecular complexity index is 757. The first-order valence-corrected chi connectivity index (χ1v) is 6.72. The lowest BCUT2D eigenvalue weighted by atomic mass is 9.97. The summed E-state index contributed by atoms with van der Waals surface area (Å²) in [5.74, 6) is -33.3. The van der Waals surface area contributed by atoms with Gasteiger partial charge in [-0.25, -0.2) is 0 Å². The van der Waals surface area contributed by atoms with E-state index in [1.54, 1.807) is 0 Å². The summed E-state index contributed by atoms with van der Waals surface area (Å²) in [6.45, 7) is 1.07. The number of nitrogens with zero attached hydrogens (tertiary/aromatic N) is 1. The zero-order valence-electron chi connectivity index (χ0n) is 13.2. The molecule has 1 aromatic rings. The molecule has 0 unspecified atom stereocenters. The summed E-state index contributed by atoms with van der Waals surface area (Å²) in [6.07, 6.45) is -6.08. The molecule has 0 aliphatic carbocycles. The maximum absolute atomic E-state index is 13.5. The number of carbonyl (C=O) groups excluding carboxylic acids is 2. The highest BCUT2D eigenvalue weighted by molar-refractivity contribution is 5.93. The molecule has 28 heavy (non-hydrogen) atoms. The summed E-state index contributed by atoms with van der Waals surface area (Å²) in [5.41, 5.74) is 0.837. The number of hydrogen-bond donors (Lipinski definition) is 1. The zero-order chi connectivity index (χ0) is 22.3. The second-order valence-corrected chi connectivity index (χ2v) is 5.29. The molecule has 0 spiro atoms. The van der Waals surface area contributed by atoms with Crippen LogP contribution in [0.2, 0.25) is 0 Å². The number of nitrogens with one attached hydrogen (secondary N) is 1. The van der Waals surface area contributed by atoms with E-state index in [0.717, 1.165) is 24.5 Å². The van der Waals surface area contributed by atoms with Crippen molar-refractivity contribution in [3.8, 4) is 0 Å². The van der Waals surface area contributed by atoms with Crippen LogP contribution in [0.3, 0.4) is 0 Å². The molecule has 1 rings (SSSR count). The number of ketones is 1. The van der Waals surface area contributed by atoms with Crippen LogP contribution in [0.25, 0.3) is 0 Å². The third-order valence-corrected chi connectivity index (χ3v) is 3.29. The van der Waals surface area contributed by atoms with Gasteiger partial charge in [-0.3, -0.25) is 9.59 Å². The average molecular weight is 433 g/mol. The van der Waals surface area contributed by atoms with Crippen molar-refractivity contribution in [3.05, 3.63) is 30.1 Å². The number of alkyl halides is 11. The van der Waals surface area contributed by atoms with Gasteiger partial charge in [0.1, 0.15) is 0 Å². The first kappa shape index (κ1) is 23.6. The first-order chi connectivity index (χ1) is 12.3. The Balaban J connectivity index is 3.24. The Morgan fingerprint density at radius 3 is 1.57 bits per heavy atom. The lowest BCUT2D eigenvalue weighted by Crippen LogP contribution is -2.70. The number of hydrogen-bond acceptors (Lipinski definition) is 2. The van der Waals surface area contributed by atoms with E-state index in [9.17, 15) is 57.9 Å². The molecule has 0 fully saturated rings. The highest BCUT2D eigenvalue weighted by Crippen LogP contribution is 2.57. The van der Waals surface area contributed by atoms with Gasteiger partial charge in [0, 0.05) is 17.7 Å². The van der Waals surface area contributed by atoms with Gasteiger partial charge in [-0.15, -0.1) is 5.43 Å². The summed E-state index contributed by atoms with van der Waals surface area (Å²) in [4.78, 5) is 22.2. The van der Waals surface area contributed by atoms with Gasteiger partial charge in [0.25, 0.3) is 0 Å². The summed E-state index contributed by atoms with van der Waals surface area (Å²) in [7, 11) is 0. The van der Waals surface area contributed by atoms with E-state index in [4.69, 9.17) is 0 Å². The van der Waals surface area contributed by atoms with E-state index in [-0.39, 0.29) is 10.2 Å². The molecule has 1 amide bonds. The number of amides is 1. The number of rotatable bonds is 6. The predicted molar refractivity (Wildman–Crippen MR) is 66.9 cm³/mol. The summed E-state index contributed by atoms with van der Waals surface area (Å²) in [6, 6.07) is 1.73. The second kappa shape index (κ2) is 6.84. The van der Waals surface area contributed by atoms with Crippen molar-refractivity contribution in [1.29, 1.82) is 0 Å². The molecule has 0 aliphatic heterocycles. The van der Waals surface area contributed by atoms with E-state index < -0.39 is 41.6 Å². The largest absolute Gasteiger partial charge is 0.460 e. The van der Waals surface area contributed by atoms with Crippen LogP contribution in [-0.4, -0.2) is 41.6 Å². The zero-order valence-corrected chi connectivity index (χ0v) is 13.2. The fourth-order valence-corrected chi connectivity index (χ4v) is 1.64. The number of pyridine rings is 1. The Morgan fingerprint density at radius 2 is 1.21 bits per heavy atom. The van der Waals surface area contributed by atoms with Crippen molar-refractivity contribution in [1.82, 2.24) is 0 Å². The molecular weight excluding hydrogens is 425 g/mol. The molecule has 1 N–H and O–H groups in total. The average Bonchev–Trinajstić information content (AvgIpc) is 2.53. The number of aromatic nitrogens is 1. The van der Waals surface area contributed by atoms with Crippen molar-refractivity contribution in [3.63, 3.8) is 0 Å². The fraction of sp³-hybridized carbons (Fsp3) is 0.462. The Morgan fingerprint density at radius 1 is 0.786 bits per heavy atom. The first-order valence-electron chi connectivity index (χ1n) is 6.72. The summed E-state index contributed by atoms with van der Waals surface area (Å²) in [5, 5.41) is 0. The van der Waals surface area contributed by atoms with E-state index in [0.29, 0.717) is 12.4 Å². The quantitative estimate of drug-likeness (QED) is 0.425. The SMILES string of the molecule is CC(=O)c1cc[n+](NC(=O)C(F)(F)C(F)(F)C(F)(F)C(F)(F)C(F)(F)F)cc1. The van der Waals surface area contributed by atoms with Gasteiger partial charge in [-0.1, -0.05) is 4.68 Å². The molecule has 158 valence electrons. The van der Waals surface area contributed by atoms with Crippen LogP contribution in [0.1, 0.15) is 17.3 Å². The highest BCUT2D eigenvalue weighted by atomic mass is 19.4. The summed E-state index contributed by atoms with van der Waals surface area (Å²) >= 11 is 0. The van der Waals surface area contributed by atoms with Crippen molar-refractivity contribution in [2.75, 3.05) is 5.43 Å². The second-order valence-electron chi connectivity index (χ2n) is 5.29. The van der Waals surface area contributed by atoms with Crippen molar-refractivity contribution in [2.24, 2.45) is 0 Å². The van der Waals surface area contributed by atoms with Crippen LogP contribution >= 0.6 is 0 Å². The molecule has 0 aromatic carbocycles. The van der Waals surface area contributed by atoms with Crippen LogP contribution in [-0.2, 0) is 4.79 Å².